The number of piperazine rings is 1. The number of fused-ring (bicyclic) bond motifs is 1. The third-order valence-corrected chi connectivity index (χ3v) is 6.27. The minimum atomic E-state index is 0.916. The summed E-state index contributed by atoms with van der Waals surface area (Å²) in [7, 11) is 0. The Kier molecular flexibility index (Phi) is 4.16. The van der Waals surface area contributed by atoms with Gasteiger partial charge >= 0.3 is 0 Å². The lowest BCUT2D eigenvalue weighted by atomic mass is 9.96. The van der Waals surface area contributed by atoms with E-state index in [-0.39, 0.29) is 0 Å². The average Bonchev–Trinajstić information content (AvgIpc) is 2.93. The Morgan fingerprint density at radius 2 is 1.54 bits per heavy atom. The van der Waals surface area contributed by atoms with Crippen molar-refractivity contribution < 1.29 is 0 Å². The second-order valence-corrected chi connectivity index (χ2v) is 8.02. The van der Waals surface area contributed by atoms with Crippen LogP contribution in [0.4, 0.5) is 10.9 Å². The van der Waals surface area contributed by atoms with Crippen LogP contribution in [0.25, 0.3) is 0 Å². The van der Waals surface area contributed by atoms with Crippen molar-refractivity contribution in [1.82, 2.24) is 15.0 Å². The van der Waals surface area contributed by atoms with Crippen molar-refractivity contribution in [2.24, 2.45) is 0 Å². The Bertz CT molecular complexity index is 727. The van der Waals surface area contributed by atoms with Crippen molar-refractivity contribution in [3.63, 3.8) is 0 Å². The molecule has 0 spiro atoms. The van der Waals surface area contributed by atoms with Crippen LogP contribution < -0.4 is 9.80 Å². The first kappa shape index (κ1) is 15.8. The van der Waals surface area contributed by atoms with E-state index >= 15 is 0 Å². The van der Waals surface area contributed by atoms with Crippen LogP contribution in [-0.2, 0) is 12.8 Å². The van der Waals surface area contributed by atoms with Gasteiger partial charge in [0.1, 0.15) is 11.6 Å². The lowest BCUT2D eigenvalue weighted by Crippen LogP contribution is -2.47. The molecule has 0 atom stereocenters. The topological polar surface area (TPSA) is 45.2 Å². The lowest BCUT2D eigenvalue weighted by Gasteiger charge is -2.37. The van der Waals surface area contributed by atoms with Gasteiger partial charge < -0.3 is 9.80 Å². The summed E-state index contributed by atoms with van der Waals surface area (Å²) in [6.45, 7) is 10.3. The average molecular weight is 344 g/mol. The van der Waals surface area contributed by atoms with Gasteiger partial charge in [0.25, 0.3) is 0 Å². The SMILES string of the molecule is Cc1nc2c(c(N3CCN(c4nc(C)c(C)s4)CC3)n1)CCCC2. The van der Waals surface area contributed by atoms with Gasteiger partial charge in [0, 0.05) is 42.3 Å². The largest absolute Gasteiger partial charge is 0.353 e. The third-order valence-electron chi connectivity index (χ3n) is 5.14. The van der Waals surface area contributed by atoms with Crippen molar-refractivity contribution >= 4 is 22.3 Å². The Morgan fingerprint density at radius 1 is 0.833 bits per heavy atom. The van der Waals surface area contributed by atoms with E-state index in [2.05, 4.69) is 28.6 Å². The predicted octanol–water partition coefficient (Wildman–Crippen LogP) is 3.06. The summed E-state index contributed by atoms with van der Waals surface area (Å²) in [5.41, 5.74) is 3.86. The second kappa shape index (κ2) is 6.31. The summed E-state index contributed by atoms with van der Waals surface area (Å²) in [4.78, 5) is 20.4. The van der Waals surface area contributed by atoms with Crippen LogP contribution in [0.5, 0.6) is 0 Å². The molecule has 0 N–H and O–H groups in total. The number of hydrogen-bond acceptors (Lipinski definition) is 6. The van der Waals surface area contributed by atoms with Gasteiger partial charge in [-0.2, -0.15) is 0 Å². The molecule has 6 heteroatoms. The summed E-state index contributed by atoms with van der Waals surface area (Å²) in [6.07, 6.45) is 4.78. The lowest BCUT2D eigenvalue weighted by molar-refractivity contribution is 0.619. The molecule has 128 valence electrons. The minimum absolute atomic E-state index is 0.916. The molecular formula is C18H25N5S. The Balaban J connectivity index is 1.53. The number of aromatic nitrogens is 3. The quantitative estimate of drug-likeness (QED) is 0.838. The highest BCUT2D eigenvalue weighted by Gasteiger charge is 2.25. The van der Waals surface area contributed by atoms with Crippen molar-refractivity contribution in [2.45, 2.75) is 46.5 Å². The van der Waals surface area contributed by atoms with Gasteiger partial charge in [-0.05, 0) is 46.5 Å². The summed E-state index contributed by atoms with van der Waals surface area (Å²) >= 11 is 1.81. The molecule has 1 fully saturated rings. The number of nitrogens with zero attached hydrogens (tertiary/aromatic N) is 5. The molecule has 0 aromatic carbocycles. The maximum atomic E-state index is 4.81. The molecule has 0 saturated carbocycles. The van der Waals surface area contributed by atoms with Gasteiger partial charge in [0.2, 0.25) is 0 Å². The fourth-order valence-electron chi connectivity index (χ4n) is 3.66. The number of rotatable bonds is 2. The number of thiazole rings is 1. The molecule has 5 nitrogen and oxygen atoms in total. The zero-order valence-electron chi connectivity index (χ0n) is 14.8. The van der Waals surface area contributed by atoms with Crippen LogP contribution in [0.2, 0.25) is 0 Å². The molecule has 3 heterocycles. The van der Waals surface area contributed by atoms with E-state index in [1.165, 1.54) is 39.9 Å². The van der Waals surface area contributed by atoms with Gasteiger partial charge in [-0.3, -0.25) is 0 Å². The molecule has 2 aliphatic rings. The monoisotopic (exact) mass is 343 g/mol. The van der Waals surface area contributed by atoms with Crippen molar-refractivity contribution in [3.05, 3.63) is 27.7 Å². The molecule has 2 aromatic heterocycles. The van der Waals surface area contributed by atoms with Crippen LogP contribution in [-0.4, -0.2) is 41.1 Å². The number of anilines is 2. The zero-order chi connectivity index (χ0) is 16.7. The van der Waals surface area contributed by atoms with Gasteiger partial charge in [-0.15, -0.1) is 11.3 Å². The van der Waals surface area contributed by atoms with E-state index in [9.17, 15) is 0 Å². The van der Waals surface area contributed by atoms with Crippen LogP contribution in [0.3, 0.4) is 0 Å². The second-order valence-electron chi connectivity index (χ2n) is 6.84. The predicted molar refractivity (Wildman–Crippen MR) is 99.4 cm³/mol. The van der Waals surface area contributed by atoms with E-state index < -0.39 is 0 Å². The van der Waals surface area contributed by atoms with E-state index in [0.717, 1.165) is 50.5 Å². The first-order valence-corrected chi connectivity index (χ1v) is 9.74. The van der Waals surface area contributed by atoms with Crippen molar-refractivity contribution in [2.75, 3.05) is 36.0 Å². The standard InChI is InChI=1S/C18H25N5S/c1-12-13(2)24-18(19-12)23-10-8-22(9-11-23)17-15-6-4-5-7-16(15)20-14(3)21-17/h4-11H2,1-3H3. The fourth-order valence-corrected chi connectivity index (χ4v) is 4.62. The van der Waals surface area contributed by atoms with Crippen LogP contribution in [0, 0.1) is 20.8 Å². The Hall–Kier alpha value is -1.69. The maximum absolute atomic E-state index is 4.81. The molecule has 1 aliphatic heterocycles. The van der Waals surface area contributed by atoms with E-state index in [1.54, 1.807) is 0 Å². The van der Waals surface area contributed by atoms with Gasteiger partial charge in [0.05, 0.1) is 5.69 Å². The van der Waals surface area contributed by atoms with Gasteiger partial charge in [-0.25, -0.2) is 15.0 Å². The van der Waals surface area contributed by atoms with Crippen LogP contribution in [0.1, 0.15) is 40.5 Å². The summed E-state index contributed by atoms with van der Waals surface area (Å²) in [6, 6.07) is 0. The summed E-state index contributed by atoms with van der Waals surface area (Å²) < 4.78 is 0. The first-order chi connectivity index (χ1) is 11.6. The summed E-state index contributed by atoms with van der Waals surface area (Å²) in [5.74, 6) is 2.11. The molecular weight excluding hydrogens is 318 g/mol. The van der Waals surface area contributed by atoms with Crippen LogP contribution in [0.15, 0.2) is 0 Å². The van der Waals surface area contributed by atoms with Gasteiger partial charge in [0.15, 0.2) is 5.13 Å². The van der Waals surface area contributed by atoms with E-state index in [4.69, 9.17) is 9.97 Å². The molecule has 4 rings (SSSR count). The van der Waals surface area contributed by atoms with Crippen LogP contribution >= 0.6 is 11.3 Å². The minimum Gasteiger partial charge on any atom is -0.353 e. The number of aryl methyl sites for hydroxylation is 4. The molecule has 2 aromatic rings. The van der Waals surface area contributed by atoms with E-state index in [0.29, 0.717) is 0 Å². The van der Waals surface area contributed by atoms with Crippen molar-refractivity contribution in [1.29, 1.82) is 0 Å². The molecule has 0 amide bonds. The highest BCUT2D eigenvalue weighted by atomic mass is 32.1. The normalized spacial score (nSPS) is 18.0. The van der Waals surface area contributed by atoms with Gasteiger partial charge in [-0.1, -0.05) is 0 Å². The molecule has 0 bridgehead atoms. The smallest absolute Gasteiger partial charge is 0.185 e. The van der Waals surface area contributed by atoms with Crippen molar-refractivity contribution in [3.8, 4) is 0 Å². The molecule has 1 aliphatic carbocycles. The highest BCUT2D eigenvalue weighted by Crippen LogP contribution is 2.30. The third kappa shape index (κ3) is 2.88. The molecule has 0 radical (unpaired) electrons. The molecule has 1 saturated heterocycles. The Labute approximate surface area is 147 Å². The molecule has 24 heavy (non-hydrogen) atoms. The molecule has 0 unspecified atom stereocenters. The zero-order valence-corrected chi connectivity index (χ0v) is 15.6. The first-order valence-electron chi connectivity index (χ1n) is 8.92. The van der Waals surface area contributed by atoms with E-state index in [1.807, 2.05) is 18.3 Å². The summed E-state index contributed by atoms with van der Waals surface area (Å²) in [5, 5.41) is 1.17. The fraction of sp³-hybridized carbons (Fsp3) is 0.611. The Morgan fingerprint density at radius 3 is 2.25 bits per heavy atom. The number of hydrogen-bond donors (Lipinski definition) is 0. The highest BCUT2D eigenvalue weighted by molar-refractivity contribution is 7.15. The maximum Gasteiger partial charge on any atom is 0.185 e.